The molecule has 0 aliphatic carbocycles. The molecule has 0 aliphatic rings. The smallest absolute Gasteiger partial charge is 0.224 e. The maximum atomic E-state index is 11.4. The number of hydrogen-bond donors (Lipinski definition) is 2. The van der Waals surface area contributed by atoms with Gasteiger partial charge in [0.25, 0.3) is 0 Å². The van der Waals surface area contributed by atoms with Gasteiger partial charge in [0.1, 0.15) is 0 Å². The van der Waals surface area contributed by atoms with Gasteiger partial charge in [0.15, 0.2) is 0 Å². The van der Waals surface area contributed by atoms with Crippen LogP contribution in [0.5, 0.6) is 0 Å². The van der Waals surface area contributed by atoms with Gasteiger partial charge in [0.05, 0.1) is 6.42 Å². The zero-order chi connectivity index (χ0) is 11.1. The molecule has 0 aliphatic heterocycles. The lowest BCUT2D eigenvalue weighted by Crippen LogP contribution is -2.27. The zero-order valence-corrected chi connectivity index (χ0v) is 10.3. The minimum atomic E-state index is 0. The number of benzene rings is 1. The Balaban J connectivity index is 0.00000225. The fraction of sp³-hybridized carbons (Fsp3) is 0.417. The number of aryl methyl sites for hydroxylation is 1. The highest BCUT2D eigenvalue weighted by Gasteiger charge is 2.01. The van der Waals surface area contributed by atoms with E-state index in [4.69, 9.17) is 5.73 Å². The van der Waals surface area contributed by atoms with Crippen LogP contribution in [0.25, 0.3) is 0 Å². The van der Waals surface area contributed by atoms with Crippen molar-refractivity contribution in [1.82, 2.24) is 5.32 Å². The lowest BCUT2D eigenvalue weighted by molar-refractivity contribution is -0.120. The van der Waals surface area contributed by atoms with Gasteiger partial charge in [-0.2, -0.15) is 0 Å². The average molecular weight is 243 g/mol. The van der Waals surface area contributed by atoms with E-state index < -0.39 is 0 Å². The van der Waals surface area contributed by atoms with Crippen LogP contribution >= 0.6 is 12.4 Å². The molecule has 1 aromatic carbocycles. The highest BCUT2D eigenvalue weighted by atomic mass is 35.5. The van der Waals surface area contributed by atoms with Gasteiger partial charge in [0, 0.05) is 6.54 Å². The fourth-order valence-electron chi connectivity index (χ4n) is 1.28. The number of carbonyl (C=O) groups is 1. The molecule has 16 heavy (non-hydrogen) atoms. The molecule has 4 heteroatoms. The highest BCUT2D eigenvalue weighted by molar-refractivity contribution is 5.85. The second-order valence-corrected chi connectivity index (χ2v) is 3.65. The van der Waals surface area contributed by atoms with Crippen LogP contribution in [-0.2, 0) is 11.2 Å². The molecule has 1 aromatic rings. The number of hydrogen-bond acceptors (Lipinski definition) is 2. The van der Waals surface area contributed by atoms with Gasteiger partial charge < -0.3 is 11.1 Å². The van der Waals surface area contributed by atoms with Crippen molar-refractivity contribution in [3.05, 3.63) is 35.4 Å². The third-order valence-electron chi connectivity index (χ3n) is 2.19. The highest BCUT2D eigenvalue weighted by Crippen LogP contribution is 2.03. The predicted octanol–water partition coefficient (Wildman–Crippen LogP) is 1.42. The van der Waals surface area contributed by atoms with Crippen LogP contribution in [-0.4, -0.2) is 19.0 Å². The van der Waals surface area contributed by atoms with Crippen LogP contribution < -0.4 is 11.1 Å². The van der Waals surface area contributed by atoms with E-state index in [2.05, 4.69) is 5.32 Å². The number of nitrogens with two attached hydrogens (primary N) is 1. The van der Waals surface area contributed by atoms with Gasteiger partial charge in [-0.1, -0.05) is 29.8 Å². The summed E-state index contributed by atoms with van der Waals surface area (Å²) < 4.78 is 0. The minimum Gasteiger partial charge on any atom is -0.356 e. The Hall–Kier alpha value is -1.06. The van der Waals surface area contributed by atoms with Crippen molar-refractivity contribution in [3.63, 3.8) is 0 Å². The Bertz CT molecular complexity index is 311. The van der Waals surface area contributed by atoms with Gasteiger partial charge >= 0.3 is 0 Å². The SMILES string of the molecule is Cc1ccc(CC(=O)NCCCN)cc1.Cl. The van der Waals surface area contributed by atoms with E-state index in [9.17, 15) is 4.79 Å². The molecule has 0 fully saturated rings. The van der Waals surface area contributed by atoms with Crippen molar-refractivity contribution in [2.24, 2.45) is 5.73 Å². The first kappa shape index (κ1) is 14.9. The van der Waals surface area contributed by atoms with Crippen molar-refractivity contribution < 1.29 is 4.79 Å². The summed E-state index contributed by atoms with van der Waals surface area (Å²) >= 11 is 0. The van der Waals surface area contributed by atoms with Crippen molar-refractivity contribution in [3.8, 4) is 0 Å². The average Bonchev–Trinajstić information content (AvgIpc) is 2.22. The van der Waals surface area contributed by atoms with Gasteiger partial charge in [-0.05, 0) is 25.5 Å². The Kier molecular flexibility index (Phi) is 7.60. The first-order chi connectivity index (χ1) is 7.22. The van der Waals surface area contributed by atoms with E-state index in [0.29, 0.717) is 19.5 Å². The van der Waals surface area contributed by atoms with Crippen LogP contribution in [0.3, 0.4) is 0 Å². The van der Waals surface area contributed by atoms with Gasteiger partial charge in [-0.3, -0.25) is 4.79 Å². The van der Waals surface area contributed by atoms with Crippen LogP contribution in [0.1, 0.15) is 17.5 Å². The van der Waals surface area contributed by atoms with Crippen LogP contribution in [0.15, 0.2) is 24.3 Å². The van der Waals surface area contributed by atoms with Crippen LogP contribution in [0.4, 0.5) is 0 Å². The molecular weight excluding hydrogens is 224 g/mol. The molecule has 0 unspecified atom stereocenters. The molecule has 0 heterocycles. The molecule has 1 rings (SSSR count). The molecule has 0 bridgehead atoms. The molecule has 0 atom stereocenters. The summed E-state index contributed by atoms with van der Waals surface area (Å²) in [5.74, 6) is 0.0623. The molecule has 0 spiro atoms. The van der Waals surface area contributed by atoms with Crippen molar-refractivity contribution in [2.45, 2.75) is 19.8 Å². The first-order valence-electron chi connectivity index (χ1n) is 5.24. The summed E-state index contributed by atoms with van der Waals surface area (Å²) in [6.45, 7) is 3.32. The largest absolute Gasteiger partial charge is 0.356 e. The molecular formula is C12H19ClN2O. The molecule has 0 saturated heterocycles. The topological polar surface area (TPSA) is 55.1 Å². The van der Waals surface area contributed by atoms with Crippen molar-refractivity contribution >= 4 is 18.3 Å². The second kappa shape index (κ2) is 8.13. The molecule has 3 nitrogen and oxygen atoms in total. The fourth-order valence-corrected chi connectivity index (χ4v) is 1.28. The minimum absolute atomic E-state index is 0. The summed E-state index contributed by atoms with van der Waals surface area (Å²) in [5.41, 5.74) is 7.59. The third kappa shape index (κ3) is 5.73. The Morgan fingerprint density at radius 3 is 2.50 bits per heavy atom. The molecule has 90 valence electrons. The van der Waals surface area contributed by atoms with Crippen LogP contribution in [0.2, 0.25) is 0 Å². The molecule has 0 saturated carbocycles. The lowest BCUT2D eigenvalue weighted by atomic mass is 10.1. The van der Waals surface area contributed by atoms with Crippen LogP contribution in [0, 0.1) is 6.92 Å². The van der Waals surface area contributed by atoms with Crippen molar-refractivity contribution in [2.75, 3.05) is 13.1 Å². The van der Waals surface area contributed by atoms with E-state index in [1.807, 2.05) is 31.2 Å². The maximum Gasteiger partial charge on any atom is 0.224 e. The lowest BCUT2D eigenvalue weighted by Gasteiger charge is -2.04. The molecule has 0 radical (unpaired) electrons. The number of halogens is 1. The quantitative estimate of drug-likeness (QED) is 0.768. The Morgan fingerprint density at radius 2 is 1.94 bits per heavy atom. The Labute approximate surface area is 103 Å². The summed E-state index contributed by atoms with van der Waals surface area (Å²) in [6, 6.07) is 8.00. The van der Waals surface area contributed by atoms with Gasteiger partial charge in [-0.25, -0.2) is 0 Å². The zero-order valence-electron chi connectivity index (χ0n) is 9.53. The summed E-state index contributed by atoms with van der Waals surface area (Å²) in [7, 11) is 0. The molecule has 3 N–H and O–H groups in total. The second-order valence-electron chi connectivity index (χ2n) is 3.65. The summed E-state index contributed by atoms with van der Waals surface area (Å²) in [4.78, 5) is 11.4. The van der Waals surface area contributed by atoms with E-state index in [0.717, 1.165) is 12.0 Å². The van der Waals surface area contributed by atoms with E-state index >= 15 is 0 Å². The standard InChI is InChI=1S/C12H18N2O.ClH/c1-10-3-5-11(6-4-10)9-12(15)14-8-2-7-13;/h3-6H,2,7-9,13H2,1H3,(H,14,15);1H. The number of rotatable bonds is 5. The van der Waals surface area contributed by atoms with E-state index in [1.165, 1.54) is 5.56 Å². The van der Waals surface area contributed by atoms with Gasteiger partial charge in [-0.15, -0.1) is 12.4 Å². The van der Waals surface area contributed by atoms with Crippen molar-refractivity contribution in [1.29, 1.82) is 0 Å². The first-order valence-corrected chi connectivity index (χ1v) is 5.24. The van der Waals surface area contributed by atoms with Gasteiger partial charge in [0.2, 0.25) is 5.91 Å². The predicted molar refractivity (Wildman–Crippen MR) is 68.8 cm³/mol. The number of carbonyl (C=O) groups excluding carboxylic acids is 1. The normalized spacial score (nSPS) is 9.38. The monoisotopic (exact) mass is 242 g/mol. The molecule has 1 amide bonds. The number of amides is 1. The molecule has 0 aromatic heterocycles. The maximum absolute atomic E-state index is 11.4. The van der Waals surface area contributed by atoms with E-state index in [-0.39, 0.29) is 18.3 Å². The van der Waals surface area contributed by atoms with E-state index in [1.54, 1.807) is 0 Å². The third-order valence-corrected chi connectivity index (χ3v) is 2.19. The Morgan fingerprint density at radius 1 is 1.31 bits per heavy atom. The summed E-state index contributed by atoms with van der Waals surface area (Å²) in [6.07, 6.45) is 1.28. The summed E-state index contributed by atoms with van der Waals surface area (Å²) in [5, 5.41) is 2.83. The number of nitrogens with one attached hydrogen (secondary N) is 1.